The summed E-state index contributed by atoms with van der Waals surface area (Å²) < 4.78 is 5.81. The van der Waals surface area contributed by atoms with Crippen LogP contribution in [0.3, 0.4) is 0 Å². The number of hydrogen-bond acceptors (Lipinski definition) is 5. The van der Waals surface area contributed by atoms with Gasteiger partial charge in [0.2, 0.25) is 5.88 Å². The summed E-state index contributed by atoms with van der Waals surface area (Å²) in [4.78, 5) is 15.1. The van der Waals surface area contributed by atoms with Crippen LogP contribution in [0.2, 0.25) is 0 Å². The van der Waals surface area contributed by atoms with Crippen molar-refractivity contribution in [1.29, 1.82) is 0 Å². The van der Waals surface area contributed by atoms with Crippen LogP contribution in [0.4, 0.5) is 0 Å². The van der Waals surface area contributed by atoms with Gasteiger partial charge < -0.3 is 9.64 Å². The lowest BCUT2D eigenvalue weighted by Crippen LogP contribution is -2.44. The Morgan fingerprint density at radius 2 is 2.43 bits per heavy atom. The minimum absolute atomic E-state index is 0.0135. The molecule has 2 aromatic rings. The summed E-state index contributed by atoms with van der Waals surface area (Å²) in [6, 6.07) is 5.53. The quantitative estimate of drug-likeness (QED) is 0.874. The maximum Gasteiger partial charge on any atom is 0.264 e. The molecule has 110 valence electrons. The summed E-state index contributed by atoms with van der Waals surface area (Å²) in [6.07, 6.45) is 3.48. The van der Waals surface area contributed by atoms with Crippen LogP contribution in [0.15, 0.2) is 29.8 Å². The van der Waals surface area contributed by atoms with E-state index in [1.807, 2.05) is 23.3 Å². The number of carbonyl (C=O) groups is 1. The molecule has 3 rings (SSSR count). The molecule has 0 spiro atoms. The molecule has 6 heteroatoms. The minimum Gasteiger partial charge on any atom is -0.471 e. The van der Waals surface area contributed by atoms with Gasteiger partial charge in [0.25, 0.3) is 5.91 Å². The maximum atomic E-state index is 12.5. The van der Waals surface area contributed by atoms with Gasteiger partial charge in [-0.25, -0.2) is 0 Å². The first-order valence-corrected chi connectivity index (χ1v) is 7.89. The summed E-state index contributed by atoms with van der Waals surface area (Å²) in [5.74, 6) is 0.615. The number of rotatable bonds is 3. The summed E-state index contributed by atoms with van der Waals surface area (Å²) >= 11 is 1.50. The van der Waals surface area contributed by atoms with E-state index in [1.165, 1.54) is 11.3 Å². The van der Waals surface area contributed by atoms with Gasteiger partial charge in [-0.2, -0.15) is 5.10 Å². The van der Waals surface area contributed by atoms with Crippen LogP contribution < -0.4 is 4.74 Å². The number of aromatic nitrogens is 2. The van der Waals surface area contributed by atoms with Gasteiger partial charge in [0.1, 0.15) is 6.10 Å². The highest BCUT2D eigenvalue weighted by atomic mass is 32.1. The largest absolute Gasteiger partial charge is 0.471 e. The highest BCUT2D eigenvalue weighted by Crippen LogP contribution is 2.21. The first-order valence-electron chi connectivity index (χ1n) is 7.01. The van der Waals surface area contributed by atoms with Gasteiger partial charge in [0.15, 0.2) is 0 Å². The molecule has 2 aromatic heterocycles. The second kappa shape index (κ2) is 6.22. The standard InChI is InChI=1S/C15H17N3O2S/c1-11-8-13(21-10-11)15(19)18-7-3-4-12(9-18)20-14-5-2-6-16-17-14/h2,5-6,8,10,12H,3-4,7,9H2,1H3/t12-/m1/s1. The highest BCUT2D eigenvalue weighted by Gasteiger charge is 2.26. The predicted molar refractivity (Wildman–Crippen MR) is 80.6 cm³/mol. The van der Waals surface area contributed by atoms with Gasteiger partial charge in [-0.05, 0) is 42.8 Å². The van der Waals surface area contributed by atoms with Crippen LogP contribution in [0.25, 0.3) is 0 Å². The third-order valence-electron chi connectivity index (χ3n) is 3.44. The fraction of sp³-hybridized carbons (Fsp3) is 0.400. The van der Waals surface area contributed by atoms with Gasteiger partial charge in [-0.3, -0.25) is 4.79 Å². The van der Waals surface area contributed by atoms with Crippen LogP contribution in [0, 0.1) is 6.92 Å². The number of hydrogen-bond donors (Lipinski definition) is 0. The second-order valence-electron chi connectivity index (χ2n) is 5.18. The zero-order valence-corrected chi connectivity index (χ0v) is 12.7. The monoisotopic (exact) mass is 303 g/mol. The van der Waals surface area contributed by atoms with E-state index >= 15 is 0 Å². The molecule has 0 aromatic carbocycles. The van der Waals surface area contributed by atoms with E-state index in [1.54, 1.807) is 18.3 Å². The van der Waals surface area contributed by atoms with E-state index in [4.69, 9.17) is 4.74 Å². The first-order chi connectivity index (χ1) is 10.2. The molecule has 1 amide bonds. The zero-order chi connectivity index (χ0) is 14.7. The molecule has 0 radical (unpaired) electrons. The van der Waals surface area contributed by atoms with Crippen molar-refractivity contribution >= 4 is 17.2 Å². The third kappa shape index (κ3) is 3.39. The number of aryl methyl sites for hydroxylation is 1. The lowest BCUT2D eigenvalue weighted by molar-refractivity contribution is 0.0530. The molecule has 1 saturated heterocycles. The maximum absolute atomic E-state index is 12.5. The fourth-order valence-corrected chi connectivity index (χ4v) is 3.30. The smallest absolute Gasteiger partial charge is 0.264 e. The van der Waals surface area contributed by atoms with Crippen molar-refractivity contribution in [1.82, 2.24) is 15.1 Å². The van der Waals surface area contributed by atoms with Gasteiger partial charge in [0.05, 0.1) is 11.4 Å². The summed E-state index contributed by atoms with van der Waals surface area (Å²) in [7, 11) is 0. The summed E-state index contributed by atoms with van der Waals surface area (Å²) in [6.45, 7) is 3.39. The Bertz CT molecular complexity index is 614. The predicted octanol–water partition coefficient (Wildman–Crippen LogP) is 2.53. The third-order valence-corrected chi connectivity index (χ3v) is 4.48. The zero-order valence-electron chi connectivity index (χ0n) is 11.9. The lowest BCUT2D eigenvalue weighted by Gasteiger charge is -2.32. The van der Waals surface area contributed by atoms with E-state index in [0.29, 0.717) is 12.4 Å². The molecular formula is C15H17N3O2S. The van der Waals surface area contributed by atoms with Crippen molar-refractivity contribution in [2.24, 2.45) is 0 Å². The number of piperidine rings is 1. The van der Waals surface area contributed by atoms with E-state index in [0.717, 1.165) is 29.8 Å². The molecule has 0 saturated carbocycles. The van der Waals surface area contributed by atoms with Crippen molar-refractivity contribution in [3.8, 4) is 5.88 Å². The van der Waals surface area contributed by atoms with Crippen LogP contribution in [-0.4, -0.2) is 40.2 Å². The first kappa shape index (κ1) is 14.0. The van der Waals surface area contributed by atoms with Crippen molar-refractivity contribution in [2.45, 2.75) is 25.9 Å². The average Bonchev–Trinajstić information content (AvgIpc) is 2.94. The van der Waals surface area contributed by atoms with Crippen LogP contribution in [0.5, 0.6) is 5.88 Å². The molecule has 21 heavy (non-hydrogen) atoms. The Hall–Kier alpha value is -1.95. The minimum atomic E-state index is -0.0135. The molecule has 0 unspecified atom stereocenters. The Morgan fingerprint density at radius 1 is 1.52 bits per heavy atom. The average molecular weight is 303 g/mol. The number of nitrogens with zero attached hydrogens (tertiary/aromatic N) is 3. The van der Waals surface area contributed by atoms with E-state index in [9.17, 15) is 4.79 Å². The van der Waals surface area contributed by atoms with Crippen LogP contribution in [0.1, 0.15) is 28.1 Å². The molecule has 0 aliphatic carbocycles. The van der Waals surface area contributed by atoms with Gasteiger partial charge in [-0.1, -0.05) is 0 Å². The molecule has 1 atom stereocenters. The molecule has 1 aliphatic rings. The topological polar surface area (TPSA) is 55.3 Å². The van der Waals surface area contributed by atoms with Gasteiger partial charge in [0, 0.05) is 18.8 Å². The van der Waals surface area contributed by atoms with Crippen LogP contribution in [-0.2, 0) is 0 Å². The fourth-order valence-electron chi connectivity index (χ4n) is 2.44. The van der Waals surface area contributed by atoms with Crippen molar-refractivity contribution < 1.29 is 9.53 Å². The molecule has 5 nitrogen and oxygen atoms in total. The number of ether oxygens (including phenoxy) is 1. The SMILES string of the molecule is Cc1csc(C(=O)N2CCC[C@@H](Oc3cccnn3)C2)c1. The summed E-state index contributed by atoms with van der Waals surface area (Å²) in [5.41, 5.74) is 1.13. The van der Waals surface area contributed by atoms with E-state index in [-0.39, 0.29) is 12.0 Å². The number of thiophene rings is 1. The second-order valence-corrected chi connectivity index (χ2v) is 6.09. The Kier molecular flexibility index (Phi) is 4.15. The van der Waals surface area contributed by atoms with Gasteiger partial charge in [-0.15, -0.1) is 16.4 Å². The van der Waals surface area contributed by atoms with Crippen molar-refractivity contribution in [2.75, 3.05) is 13.1 Å². The van der Waals surface area contributed by atoms with E-state index in [2.05, 4.69) is 10.2 Å². The molecule has 0 N–H and O–H groups in total. The Balaban J connectivity index is 1.64. The van der Waals surface area contributed by atoms with E-state index < -0.39 is 0 Å². The number of likely N-dealkylation sites (tertiary alicyclic amines) is 1. The number of amides is 1. The van der Waals surface area contributed by atoms with Gasteiger partial charge >= 0.3 is 0 Å². The molecule has 3 heterocycles. The molecule has 0 bridgehead atoms. The molecule has 1 fully saturated rings. The van der Waals surface area contributed by atoms with Crippen molar-refractivity contribution in [3.05, 3.63) is 40.2 Å². The Labute approximate surface area is 127 Å². The molecular weight excluding hydrogens is 286 g/mol. The molecule has 1 aliphatic heterocycles. The Morgan fingerprint density at radius 3 is 3.14 bits per heavy atom. The normalized spacial score (nSPS) is 18.5. The lowest BCUT2D eigenvalue weighted by atomic mass is 10.1. The highest BCUT2D eigenvalue weighted by molar-refractivity contribution is 7.12. The summed E-state index contributed by atoms with van der Waals surface area (Å²) in [5, 5.41) is 9.74. The van der Waals surface area contributed by atoms with Crippen LogP contribution >= 0.6 is 11.3 Å². The number of carbonyl (C=O) groups excluding carboxylic acids is 1. The van der Waals surface area contributed by atoms with Crippen molar-refractivity contribution in [3.63, 3.8) is 0 Å².